The summed E-state index contributed by atoms with van der Waals surface area (Å²) in [6, 6.07) is 18.1. The number of aryl methyl sites for hydroxylation is 1. The molecule has 0 aliphatic carbocycles. The van der Waals surface area contributed by atoms with Gasteiger partial charge in [0.1, 0.15) is 0 Å². The van der Waals surface area contributed by atoms with Crippen LogP contribution in [0.3, 0.4) is 0 Å². The third kappa shape index (κ3) is 3.93. The number of aliphatic hydroxyl groups excluding tert-OH is 1. The van der Waals surface area contributed by atoms with Crippen molar-refractivity contribution in [3.63, 3.8) is 0 Å². The quantitative estimate of drug-likeness (QED) is 0.756. The molecule has 1 heterocycles. The topological polar surface area (TPSA) is 58.0 Å². The maximum Gasteiger partial charge on any atom is 0.222 e. The zero-order chi connectivity index (χ0) is 16.1. The molecule has 0 bridgehead atoms. The Morgan fingerprint density at radius 1 is 0.913 bits per heavy atom. The molecule has 0 saturated carbocycles. The molecule has 1 aromatic heterocycles. The fourth-order valence-electron chi connectivity index (χ4n) is 2.32. The van der Waals surface area contributed by atoms with Crippen molar-refractivity contribution in [2.24, 2.45) is 0 Å². The first-order chi connectivity index (χ1) is 11.2. The summed E-state index contributed by atoms with van der Waals surface area (Å²) in [6.07, 6.45) is 2.89. The van der Waals surface area contributed by atoms with Gasteiger partial charge in [-0.2, -0.15) is 0 Å². The van der Waals surface area contributed by atoms with Gasteiger partial charge in [-0.15, -0.1) is 0 Å². The van der Waals surface area contributed by atoms with Crippen LogP contribution in [0, 0.1) is 6.92 Å². The first-order valence-corrected chi connectivity index (χ1v) is 7.58. The summed E-state index contributed by atoms with van der Waals surface area (Å²) in [5.41, 5.74) is 4.17. The molecule has 2 aromatic carbocycles. The largest absolute Gasteiger partial charge is 0.387 e. The van der Waals surface area contributed by atoms with Gasteiger partial charge in [0.05, 0.1) is 6.10 Å². The summed E-state index contributed by atoms with van der Waals surface area (Å²) in [4.78, 5) is 8.33. The first kappa shape index (κ1) is 15.2. The number of aromatic nitrogens is 2. The van der Waals surface area contributed by atoms with E-state index >= 15 is 0 Å². The smallest absolute Gasteiger partial charge is 0.222 e. The van der Waals surface area contributed by atoms with Gasteiger partial charge in [0, 0.05) is 18.9 Å². The molecule has 4 nitrogen and oxygen atoms in total. The molecule has 0 radical (unpaired) electrons. The molecule has 1 unspecified atom stereocenters. The van der Waals surface area contributed by atoms with Gasteiger partial charge >= 0.3 is 0 Å². The second kappa shape index (κ2) is 7.03. The number of aliphatic hydroxyl groups is 1. The highest BCUT2D eigenvalue weighted by Crippen LogP contribution is 2.22. The Labute approximate surface area is 135 Å². The summed E-state index contributed by atoms with van der Waals surface area (Å²) >= 11 is 0. The number of nitrogens with zero attached hydrogens (tertiary/aromatic N) is 2. The van der Waals surface area contributed by atoms with Gasteiger partial charge in [-0.3, -0.25) is 0 Å². The number of anilines is 1. The number of benzene rings is 2. The minimum atomic E-state index is -0.607. The molecule has 0 saturated heterocycles. The normalized spacial score (nSPS) is 11.9. The van der Waals surface area contributed by atoms with Gasteiger partial charge in [-0.25, -0.2) is 9.97 Å². The Balaban J connectivity index is 1.63. The fraction of sp³-hybridized carbons (Fsp3) is 0.158. The molecular formula is C19H19N3O. The molecule has 3 rings (SSSR count). The molecule has 116 valence electrons. The third-order valence-corrected chi connectivity index (χ3v) is 3.64. The molecular weight excluding hydrogens is 286 g/mol. The van der Waals surface area contributed by atoms with Crippen LogP contribution in [-0.2, 0) is 0 Å². The van der Waals surface area contributed by atoms with Crippen molar-refractivity contribution < 1.29 is 5.11 Å². The Hall–Kier alpha value is -2.72. The van der Waals surface area contributed by atoms with E-state index in [1.54, 1.807) is 12.4 Å². The van der Waals surface area contributed by atoms with Crippen LogP contribution in [0.25, 0.3) is 11.1 Å². The highest BCUT2D eigenvalue weighted by Gasteiger charge is 2.08. The standard InChI is InChI=1S/C19H19N3O/c1-14-11-20-19(21-12-14)22-13-18(23)17-9-7-16(8-10-17)15-5-3-2-4-6-15/h2-12,18,23H,13H2,1H3,(H,20,21,22). The molecule has 3 aromatic rings. The van der Waals surface area contributed by atoms with E-state index < -0.39 is 6.10 Å². The van der Waals surface area contributed by atoms with Gasteiger partial charge in [0.2, 0.25) is 5.95 Å². The number of hydrogen-bond acceptors (Lipinski definition) is 4. The van der Waals surface area contributed by atoms with Crippen LogP contribution < -0.4 is 5.32 Å². The van der Waals surface area contributed by atoms with Crippen LogP contribution in [-0.4, -0.2) is 21.6 Å². The van der Waals surface area contributed by atoms with Crippen molar-refractivity contribution in [2.45, 2.75) is 13.0 Å². The molecule has 1 atom stereocenters. The van der Waals surface area contributed by atoms with Crippen LogP contribution in [0.5, 0.6) is 0 Å². The van der Waals surface area contributed by atoms with Gasteiger partial charge in [0.25, 0.3) is 0 Å². The minimum Gasteiger partial charge on any atom is -0.387 e. The maximum atomic E-state index is 10.3. The van der Waals surface area contributed by atoms with E-state index in [0.29, 0.717) is 12.5 Å². The van der Waals surface area contributed by atoms with Crippen molar-refractivity contribution in [3.8, 4) is 11.1 Å². The summed E-state index contributed by atoms with van der Waals surface area (Å²) in [7, 11) is 0. The number of nitrogens with one attached hydrogen (secondary N) is 1. The lowest BCUT2D eigenvalue weighted by Crippen LogP contribution is -2.13. The predicted octanol–water partition coefficient (Wildman–Crippen LogP) is 3.60. The maximum absolute atomic E-state index is 10.3. The van der Waals surface area contributed by atoms with Crippen LogP contribution in [0.1, 0.15) is 17.2 Å². The summed E-state index contributed by atoms with van der Waals surface area (Å²) in [6.45, 7) is 2.31. The molecule has 0 amide bonds. The Morgan fingerprint density at radius 3 is 2.17 bits per heavy atom. The van der Waals surface area contributed by atoms with Crippen LogP contribution in [0.15, 0.2) is 67.0 Å². The van der Waals surface area contributed by atoms with Gasteiger partial charge in [0.15, 0.2) is 0 Å². The van der Waals surface area contributed by atoms with Gasteiger partial charge in [-0.05, 0) is 29.2 Å². The number of hydrogen-bond donors (Lipinski definition) is 2. The lowest BCUT2D eigenvalue weighted by molar-refractivity contribution is 0.191. The molecule has 23 heavy (non-hydrogen) atoms. The van der Waals surface area contributed by atoms with E-state index in [-0.39, 0.29) is 0 Å². The number of rotatable bonds is 5. The fourth-order valence-corrected chi connectivity index (χ4v) is 2.32. The van der Waals surface area contributed by atoms with E-state index in [0.717, 1.165) is 16.7 Å². The molecule has 0 spiro atoms. The average Bonchev–Trinajstić information content (AvgIpc) is 2.62. The van der Waals surface area contributed by atoms with Crippen LogP contribution in [0.4, 0.5) is 5.95 Å². The third-order valence-electron chi connectivity index (χ3n) is 3.64. The molecule has 0 fully saturated rings. The lowest BCUT2D eigenvalue weighted by Gasteiger charge is -2.13. The zero-order valence-electron chi connectivity index (χ0n) is 13.0. The highest BCUT2D eigenvalue weighted by atomic mass is 16.3. The average molecular weight is 305 g/mol. The predicted molar refractivity (Wildman–Crippen MR) is 92.1 cm³/mol. The van der Waals surface area contributed by atoms with Crippen LogP contribution >= 0.6 is 0 Å². The summed E-state index contributed by atoms with van der Waals surface area (Å²) in [5.74, 6) is 0.524. The van der Waals surface area contributed by atoms with Crippen molar-refractivity contribution >= 4 is 5.95 Å². The monoisotopic (exact) mass is 305 g/mol. The molecule has 0 aliphatic heterocycles. The van der Waals surface area contributed by atoms with E-state index in [2.05, 4.69) is 27.4 Å². The van der Waals surface area contributed by atoms with Gasteiger partial charge in [-0.1, -0.05) is 54.6 Å². The SMILES string of the molecule is Cc1cnc(NCC(O)c2ccc(-c3ccccc3)cc2)nc1. The second-order valence-corrected chi connectivity index (χ2v) is 5.47. The van der Waals surface area contributed by atoms with E-state index in [4.69, 9.17) is 0 Å². The Morgan fingerprint density at radius 2 is 1.52 bits per heavy atom. The second-order valence-electron chi connectivity index (χ2n) is 5.47. The lowest BCUT2D eigenvalue weighted by atomic mass is 10.0. The van der Waals surface area contributed by atoms with Gasteiger partial charge < -0.3 is 10.4 Å². The van der Waals surface area contributed by atoms with Crippen molar-refractivity contribution in [1.82, 2.24) is 9.97 Å². The Bertz CT molecular complexity index is 740. The minimum absolute atomic E-state index is 0.369. The summed E-state index contributed by atoms with van der Waals surface area (Å²) in [5, 5.41) is 13.3. The van der Waals surface area contributed by atoms with Crippen LogP contribution in [0.2, 0.25) is 0 Å². The highest BCUT2D eigenvalue weighted by molar-refractivity contribution is 5.63. The molecule has 4 heteroatoms. The van der Waals surface area contributed by atoms with Crippen molar-refractivity contribution in [1.29, 1.82) is 0 Å². The van der Waals surface area contributed by atoms with Crippen molar-refractivity contribution in [2.75, 3.05) is 11.9 Å². The summed E-state index contributed by atoms with van der Waals surface area (Å²) < 4.78 is 0. The molecule has 0 aliphatic rings. The van der Waals surface area contributed by atoms with Crippen molar-refractivity contribution in [3.05, 3.63) is 78.1 Å². The zero-order valence-corrected chi connectivity index (χ0v) is 13.0. The van der Waals surface area contributed by atoms with E-state index in [1.165, 1.54) is 5.56 Å². The first-order valence-electron chi connectivity index (χ1n) is 7.58. The molecule has 2 N–H and O–H groups in total. The van der Waals surface area contributed by atoms with E-state index in [1.807, 2.05) is 49.4 Å². The Kier molecular flexibility index (Phi) is 4.64. The van der Waals surface area contributed by atoms with E-state index in [9.17, 15) is 5.11 Å².